The van der Waals surface area contributed by atoms with Gasteiger partial charge < -0.3 is 10.6 Å². The van der Waals surface area contributed by atoms with Crippen molar-refractivity contribution >= 4 is 39.8 Å². The maximum absolute atomic E-state index is 12.9. The Morgan fingerprint density at radius 2 is 2.15 bits per heavy atom. The minimum absolute atomic E-state index is 0.214. The average molecular weight is 372 g/mol. The number of fused-ring (bicyclic) bond motifs is 1. The third kappa shape index (κ3) is 3.50. The number of nitrogens with one attached hydrogen (secondary N) is 2. The summed E-state index contributed by atoms with van der Waals surface area (Å²) < 4.78 is 0. The van der Waals surface area contributed by atoms with Crippen molar-refractivity contribution in [2.45, 2.75) is 33.6 Å². The molecule has 8 heteroatoms. The van der Waals surface area contributed by atoms with Crippen LogP contribution in [0.15, 0.2) is 12.3 Å². The van der Waals surface area contributed by atoms with Crippen LogP contribution in [0.4, 0.5) is 10.9 Å². The number of hydrogen-bond donors (Lipinski definition) is 2. The quantitative estimate of drug-likeness (QED) is 0.618. The lowest BCUT2D eigenvalue weighted by atomic mass is 9.84. The predicted octanol–water partition coefficient (Wildman–Crippen LogP) is 2.86. The molecule has 136 valence electrons. The minimum Gasteiger partial charge on any atom is -0.370 e. The van der Waals surface area contributed by atoms with Gasteiger partial charge in [-0.05, 0) is 38.3 Å². The van der Waals surface area contributed by atoms with Gasteiger partial charge in [-0.25, -0.2) is 9.97 Å². The molecular formula is C18H20N4O3S. The molecule has 2 heterocycles. The molecule has 7 nitrogen and oxygen atoms in total. The van der Waals surface area contributed by atoms with E-state index in [9.17, 15) is 14.4 Å². The van der Waals surface area contributed by atoms with Gasteiger partial charge in [0.25, 0.3) is 0 Å². The molecule has 1 amide bonds. The molecule has 0 saturated carbocycles. The van der Waals surface area contributed by atoms with E-state index in [1.54, 1.807) is 6.07 Å². The van der Waals surface area contributed by atoms with Crippen molar-refractivity contribution in [2.75, 3.05) is 17.2 Å². The SMILES string of the molecule is CCNc1ncc(C(=O)C2CCc3nc(NC(C)=O)sc3C2=O)cc1C. The fraction of sp³-hybridized carbons (Fsp3) is 0.389. The van der Waals surface area contributed by atoms with Crippen LogP contribution in [0.2, 0.25) is 0 Å². The molecule has 1 atom stereocenters. The monoisotopic (exact) mass is 372 g/mol. The number of pyridine rings is 1. The van der Waals surface area contributed by atoms with Crippen molar-refractivity contribution in [3.63, 3.8) is 0 Å². The lowest BCUT2D eigenvalue weighted by molar-refractivity contribution is -0.114. The molecule has 0 aliphatic heterocycles. The van der Waals surface area contributed by atoms with E-state index in [-0.39, 0.29) is 17.5 Å². The fourth-order valence-electron chi connectivity index (χ4n) is 3.00. The zero-order chi connectivity index (χ0) is 18.8. The van der Waals surface area contributed by atoms with E-state index in [1.807, 2.05) is 13.8 Å². The van der Waals surface area contributed by atoms with E-state index in [2.05, 4.69) is 20.6 Å². The number of carbonyl (C=O) groups is 3. The highest BCUT2D eigenvalue weighted by Gasteiger charge is 2.36. The minimum atomic E-state index is -0.723. The van der Waals surface area contributed by atoms with Crippen molar-refractivity contribution in [3.05, 3.63) is 34.0 Å². The number of hydrogen-bond acceptors (Lipinski definition) is 7. The number of Topliss-reactive ketones (excluding diaryl/α,β-unsaturated/α-hetero) is 2. The zero-order valence-corrected chi connectivity index (χ0v) is 15.7. The van der Waals surface area contributed by atoms with Crippen molar-refractivity contribution in [1.29, 1.82) is 0 Å². The van der Waals surface area contributed by atoms with Crippen molar-refractivity contribution in [3.8, 4) is 0 Å². The first-order chi connectivity index (χ1) is 12.4. The van der Waals surface area contributed by atoms with E-state index in [0.717, 1.165) is 29.3 Å². The van der Waals surface area contributed by atoms with Gasteiger partial charge in [0.1, 0.15) is 5.82 Å². The molecule has 0 saturated heterocycles. The summed E-state index contributed by atoms with van der Waals surface area (Å²) in [7, 11) is 0. The number of aromatic nitrogens is 2. The molecule has 0 radical (unpaired) electrons. The smallest absolute Gasteiger partial charge is 0.223 e. The lowest BCUT2D eigenvalue weighted by Crippen LogP contribution is -2.29. The summed E-state index contributed by atoms with van der Waals surface area (Å²) in [5, 5.41) is 6.13. The van der Waals surface area contributed by atoms with Crippen LogP contribution in [0, 0.1) is 12.8 Å². The molecule has 2 aromatic heterocycles. The predicted molar refractivity (Wildman–Crippen MR) is 100 cm³/mol. The molecule has 1 aliphatic rings. The number of rotatable bonds is 5. The summed E-state index contributed by atoms with van der Waals surface area (Å²) in [4.78, 5) is 45.9. The highest BCUT2D eigenvalue weighted by molar-refractivity contribution is 7.17. The fourth-order valence-corrected chi connectivity index (χ4v) is 4.05. The number of nitrogens with zero attached hydrogens (tertiary/aromatic N) is 2. The van der Waals surface area contributed by atoms with Crippen LogP contribution in [0.5, 0.6) is 0 Å². The summed E-state index contributed by atoms with van der Waals surface area (Å²) >= 11 is 1.13. The van der Waals surface area contributed by atoms with Gasteiger partial charge in [0.15, 0.2) is 16.7 Å². The topological polar surface area (TPSA) is 101 Å². The van der Waals surface area contributed by atoms with Gasteiger partial charge in [-0.15, -0.1) is 0 Å². The standard InChI is InChI=1S/C18H20N4O3S/c1-4-19-17-9(2)7-11(8-20-17)14(24)12-5-6-13-16(15(12)25)26-18(22-13)21-10(3)23/h7-8,12H,4-6H2,1-3H3,(H,19,20)(H,21,22,23). The van der Waals surface area contributed by atoms with Gasteiger partial charge in [0.2, 0.25) is 5.91 Å². The summed E-state index contributed by atoms with van der Waals surface area (Å²) in [6.45, 7) is 5.99. The number of anilines is 2. The largest absolute Gasteiger partial charge is 0.370 e. The third-order valence-corrected chi connectivity index (χ3v) is 5.24. The molecule has 2 N–H and O–H groups in total. The Morgan fingerprint density at radius 1 is 1.38 bits per heavy atom. The Morgan fingerprint density at radius 3 is 2.81 bits per heavy atom. The maximum atomic E-state index is 12.9. The summed E-state index contributed by atoms with van der Waals surface area (Å²) in [5.41, 5.74) is 1.97. The van der Waals surface area contributed by atoms with Crippen LogP contribution >= 0.6 is 11.3 Å². The number of aryl methyl sites for hydroxylation is 2. The van der Waals surface area contributed by atoms with Crippen LogP contribution in [0.25, 0.3) is 0 Å². The first-order valence-corrected chi connectivity index (χ1v) is 9.28. The van der Waals surface area contributed by atoms with E-state index in [4.69, 9.17) is 0 Å². The van der Waals surface area contributed by atoms with Crippen LogP contribution < -0.4 is 10.6 Å². The average Bonchev–Trinajstić information content (AvgIpc) is 2.99. The van der Waals surface area contributed by atoms with Gasteiger partial charge in [-0.1, -0.05) is 11.3 Å². The van der Waals surface area contributed by atoms with Crippen LogP contribution in [0.1, 0.15) is 51.6 Å². The normalized spacial score (nSPS) is 16.1. The van der Waals surface area contributed by atoms with Gasteiger partial charge in [-0.2, -0.15) is 0 Å². The molecular weight excluding hydrogens is 352 g/mol. The highest BCUT2D eigenvalue weighted by Crippen LogP contribution is 2.34. The molecule has 1 unspecified atom stereocenters. The number of carbonyl (C=O) groups excluding carboxylic acids is 3. The Balaban J connectivity index is 1.83. The van der Waals surface area contributed by atoms with E-state index in [1.165, 1.54) is 13.1 Å². The number of thiazole rings is 1. The maximum Gasteiger partial charge on any atom is 0.223 e. The Kier molecular flexibility index (Phi) is 5.13. The molecule has 0 spiro atoms. The second kappa shape index (κ2) is 7.33. The third-order valence-electron chi connectivity index (χ3n) is 4.21. The molecule has 0 bridgehead atoms. The highest BCUT2D eigenvalue weighted by atomic mass is 32.1. The molecule has 0 aromatic carbocycles. The summed E-state index contributed by atoms with van der Waals surface area (Å²) in [5.74, 6) is -0.658. The van der Waals surface area contributed by atoms with Crippen molar-refractivity contribution in [1.82, 2.24) is 9.97 Å². The van der Waals surface area contributed by atoms with Gasteiger partial charge in [0, 0.05) is 25.2 Å². The Bertz CT molecular complexity index is 891. The molecule has 0 fully saturated rings. The second-order valence-electron chi connectivity index (χ2n) is 6.22. The van der Waals surface area contributed by atoms with Gasteiger partial charge in [-0.3, -0.25) is 14.4 Å². The summed E-state index contributed by atoms with van der Waals surface area (Å²) in [6.07, 6.45) is 2.48. The number of ketones is 2. The van der Waals surface area contributed by atoms with Gasteiger partial charge >= 0.3 is 0 Å². The van der Waals surface area contributed by atoms with Gasteiger partial charge in [0.05, 0.1) is 16.5 Å². The molecule has 26 heavy (non-hydrogen) atoms. The van der Waals surface area contributed by atoms with Crippen molar-refractivity contribution < 1.29 is 14.4 Å². The zero-order valence-electron chi connectivity index (χ0n) is 14.9. The first kappa shape index (κ1) is 18.2. The lowest BCUT2D eigenvalue weighted by Gasteiger charge is -2.19. The van der Waals surface area contributed by atoms with Crippen LogP contribution in [-0.2, 0) is 11.2 Å². The van der Waals surface area contributed by atoms with E-state index >= 15 is 0 Å². The molecule has 2 aromatic rings. The summed E-state index contributed by atoms with van der Waals surface area (Å²) in [6, 6.07) is 1.77. The van der Waals surface area contributed by atoms with E-state index in [0.29, 0.717) is 34.1 Å². The molecule has 3 rings (SSSR count). The van der Waals surface area contributed by atoms with E-state index < -0.39 is 5.92 Å². The van der Waals surface area contributed by atoms with Crippen LogP contribution in [0.3, 0.4) is 0 Å². The van der Waals surface area contributed by atoms with Crippen LogP contribution in [-0.4, -0.2) is 34.0 Å². The van der Waals surface area contributed by atoms with Crippen molar-refractivity contribution in [2.24, 2.45) is 5.92 Å². The Labute approximate surface area is 155 Å². The second-order valence-corrected chi connectivity index (χ2v) is 7.21. The first-order valence-electron chi connectivity index (χ1n) is 8.47. The molecule has 1 aliphatic carbocycles. The number of amides is 1. The Hall–Kier alpha value is -2.61.